The van der Waals surface area contributed by atoms with Crippen LogP contribution in [0.3, 0.4) is 0 Å². The van der Waals surface area contributed by atoms with E-state index in [1.165, 1.54) is 11.8 Å². The zero-order valence-electron chi connectivity index (χ0n) is 16.8. The molecule has 0 saturated carbocycles. The molecule has 7 nitrogen and oxygen atoms in total. The summed E-state index contributed by atoms with van der Waals surface area (Å²) < 4.78 is 16.5. The van der Waals surface area contributed by atoms with Gasteiger partial charge in [0.2, 0.25) is 11.7 Å². The SMILES string of the molecule is CCOC(=O)c1oc2ccccc2c1COC(=O)[C@@]12CCC(=O)N1c1ccccc1S2. The molecular formula is C23H19NO6S. The fourth-order valence-electron chi connectivity index (χ4n) is 4.13. The van der Waals surface area contributed by atoms with Gasteiger partial charge in [-0.25, -0.2) is 9.59 Å². The second-order valence-electron chi connectivity index (χ2n) is 7.29. The van der Waals surface area contributed by atoms with Gasteiger partial charge in [0.25, 0.3) is 0 Å². The average molecular weight is 437 g/mol. The van der Waals surface area contributed by atoms with Crippen molar-refractivity contribution in [3.8, 4) is 0 Å². The molecule has 158 valence electrons. The largest absolute Gasteiger partial charge is 0.460 e. The summed E-state index contributed by atoms with van der Waals surface area (Å²) in [5.41, 5.74) is 1.69. The molecule has 0 N–H and O–H groups in total. The number of furan rings is 1. The monoisotopic (exact) mass is 437 g/mol. The molecule has 31 heavy (non-hydrogen) atoms. The van der Waals surface area contributed by atoms with Gasteiger partial charge in [-0.3, -0.25) is 9.69 Å². The number of carbonyl (C=O) groups excluding carboxylic acids is 3. The van der Waals surface area contributed by atoms with Crippen molar-refractivity contribution in [2.75, 3.05) is 11.5 Å². The number of rotatable bonds is 5. The maximum absolute atomic E-state index is 13.3. The van der Waals surface area contributed by atoms with E-state index in [0.717, 1.165) is 10.6 Å². The Balaban J connectivity index is 1.45. The lowest BCUT2D eigenvalue weighted by atomic mass is 10.1. The van der Waals surface area contributed by atoms with Crippen molar-refractivity contribution in [2.24, 2.45) is 0 Å². The topological polar surface area (TPSA) is 86.0 Å². The fraction of sp³-hybridized carbons (Fsp3) is 0.261. The molecule has 3 aromatic rings. The Morgan fingerprint density at radius 3 is 2.74 bits per heavy atom. The Bertz CT molecular complexity index is 1220. The average Bonchev–Trinajstić information content (AvgIpc) is 3.42. The van der Waals surface area contributed by atoms with E-state index in [2.05, 4.69) is 0 Å². The Kier molecular flexibility index (Phi) is 4.74. The number of thioether (sulfide) groups is 1. The molecule has 0 aliphatic carbocycles. The van der Waals surface area contributed by atoms with Crippen LogP contribution in [0.4, 0.5) is 5.69 Å². The molecule has 0 unspecified atom stereocenters. The van der Waals surface area contributed by atoms with Gasteiger partial charge in [-0.15, -0.1) is 0 Å². The third kappa shape index (κ3) is 3.01. The van der Waals surface area contributed by atoms with Gasteiger partial charge < -0.3 is 13.9 Å². The molecule has 8 heteroatoms. The van der Waals surface area contributed by atoms with Gasteiger partial charge in [-0.2, -0.15) is 0 Å². The third-order valence-electron chi connectivity index (χ3n) is 5.50. The molecule has 0 radical (unpaired) electrons. The molecule has 0 bridgehead atoms. The standard InChI is InChI=1S/C23H19NO6S/c1-2-28-21(26)20-15(14-7-3-5-9-17(14)30-20)13-29-22(27)23-12-11-19(25)24(23)16-8-4-6-10-18(16)31-23/h3-10H,2,11-13H2,1H3/t23-/m0/s1. The summed E-state index contributed by atoms with van der Waals surface area (Å²) in [6.45, 7) is 1.74. The highest BCUT2D eigenvalue weighted by Gasteiger charge is 2.58. The minimum Gasteiger partial charge on any atom is -0.460 e. The minimum atomic E-state index is -1.12. The van der Waals surface area contributed by atoms with E-state index in [9.17, 15) is 14.4 Å². The molecule has 3 heterocycles. The maximum atomic E-state index is 13.3. The van der Waals surface area contributed by atoms with E-state index < -0.39 is 16.8 Å². The second-order valence-corrected chi connectivity index (χ2v) is 8.61. The highest BCUT2D eigenvalue weighted by atomic mass is 32.2. The number of carbonyl (C=O) groups is 3. The van der Waals surface area contributed by atoms with Crippen LogP contribution >= 0.6 is 11.8 Å². The number of anilines is 1. The van der Waals surface area contributed by atoms with Gasteiger partial charge >= 0.3 is 11.9 Å². The third-order valence-corrected chi connectivity index (χ3v) is 6.96. The van der Waals surface area contributed by atoms with Crippen molar-refractivity contribution in [3.63, 3.8) is 0 Å². The number of nitrogens with zero attached hydrogens (tertiary/aromatic N) is 1. The lowest BCUT2D eigenvalue weighted by Crippen LogP contribution is -2.47. The van der Waals surface area contributed by atoms with Crippen LogP contribution in [0.1, 0.15) is 35.9 Å². The predicted molar refractivity (Wildman–Crippen MR) is 114 cm³/mol. The molecule has 5 rings (SSSR count). The van der Waals surface area contributed by atoms with E-state index in [1.54, 1.807) is 30.0 Å². The highest BCUT2D eigenvalue weighted by molar-refractivity contribution is 8.02. The van der Waals surface area contributed by atoms with Crippen molar-refractivity contribution in [1.29, 1.82) is 0 Å². The maximum Gasteiger partial charge on any atom is 0.374 e. The first-order valence-electron chi connectivity index (χ1n) is 10.0. The summed E-state index contributed by atoms with van der Waals surface area (Å²) in [4.78, 5) is 39.6. The molecule has 2 aliphatic rings. The number of para-hydroxylation sites is 2. The second kappa shape index (κ2) is 7.46. The Morgan fingerprint density at radius 2 is 1.90 bits per heavy atom. The van der Waals surface area contributed by atoms with Gasteiger partial charge in [0.1, 0.15) is 12.2 Å². The van der Waals surface area contributed by atoms with Gasteiger partial charge in [0.05, 0.1) is 17.9 Å². The molecule has 1 aromatic heterocycles. The van der Waals surface area contributed by atoms with Crippen molar-refractivity contribution in [2.45, 2.75) is 36.1 Å². The smallest absolute Gasteiger partial charge is 0.374 e. The van der Waals surface area contributed by atoms with Crippen molar-refractivity contribution < 1.29 is 28.3 Å². The molecule has 1 saturated heterocycles. The van der Waals surface area contributed by atoms with Crippen LogP contribution in [0.25, 0.3) is 11.0 Å². The fourth-order valence-corrected chi connectivity index (χ4v) is 5.54. The zero-order chi connectivity index (χ0) is 21.6. The summed E-state index contributed by atoms with van der Waals surface area (Å²) >= 11 is 1.34. The van der Waals surface area contributed by atoms with Gasteiger partial charge in [-0.05, 0) is 25.1 Å². The van der Waals surface area contributed by atoms with Crippen molar-refractivity contribution in [1.82, 2.24) is 0 Å². The Labute approximate surface area is 182 Å². The van der Waals surface area contributed by atoms with Crippen molar-refractivity contribution >= 4 is 46.3 Å². The summed E-state index contributed by atoms with van der Waals surface area (Å²) in [6.07, 6.45) is 0.639. The van der Waals surface area contributed by atoms with Crippen LogP contribution in [0.2, 0.25) is 0 Å². The molecule has 2 aliphatic heterocycles. The summed E-state index contributed by atoms with van der Waals surface area (Å²) in [5, 5.41) is 0.678. The minimum absolute atomic E-state index is 0.0232. The number of amides is 1. The quantitative estimate of drug-likeness (QED) is 0.551. The number of hydrogen-bond acceptors (Lipinski definition) is 7. The lowest BCUT2D eigenvalue weighted by Gasteiger charge is -2.28. The molecule has 1 atom stereocenters. The Morgan fingerprint density at radius 1 is 1.13 bits per heavy atom. The van der Waals surface area contributed by atoms with Crippen LogP contribution in [0.15, 0.2) is 57.8 Å². The number of ether oxygens (including phenoxy) is 2. The summed E-state index contributed by atoms with van der Waals surface area (Å²) in [6, 6.07) is 14.6. The van der Waals surface area contributed by atoms with Gasteiger partial charge in [0.15, 0.2) is 4.87 Å². The Hall–Kier alpha value is -3.26. The van der Waals surface area contributed by atoms with Crippen LogP contribution < -0.4 is 4.90 Å². The van der Waals surface area contributed by atoms with Crippen LogP contribution in [-0.4, -0.2) is 29.3 Å². The molecule has 2 aromatic carbocycles. The first-order valence-corrected chi connectivity index (χ1v) is 10.8. The molecule has 1 amide bonds. The molecular weight excluding hydrogens is 418 g/mol. The van der Waals surface area contributed by atoms with Crippen molar-refractivity contribution in [3.05, 3.63) is 59.9 Å². The molecule has 0 spiro atoms. The lowest BCUT2D eigenvalue weighted by molar-refractivity contribution is -0.148. The van der Waals surface area contributed by atoms with E-state index in [1.807, 2.05) is 30.3 Å². The number of fused-ring (bicyclic) bond motifs is 4. The summed E-state index contributed by atoms with van der Waals surface area (Å²) in [7, 11) is 0. The zero-order valence-corrected chi connectivity index (χ0v) is 17.6. The number of esters is 2. The van der Waals surface area contributed by atoms with Crippen LogP contribution in [-0.2, 0) is 25.7 Å². The van der Waals surface area contributed by atoms with Gasteiger partial charge in [-0.1, -0.05) is 42.1 Å². The number of hydrogen-bond donors (Lipinski definition) is 0. The van der Waals surface area contributed by atoms with E-state index >= 15 is 0 Å². The van der Waals surface area contributed by atoms with E-state index in [4.69, 9.17) is 13.9 Å². The van der Waals surface area contributed by atoms with E-state index in [-0.39, 0.29) is 31.3 Å². The van der Waals surface area contributed by atoms with Crippen LogP contribution in [0, 0.1) is 0 Å². The molecule has 1 fully saturated rings. The number of benzene rings is 2. The summed E-state index contributed by atoms with van der Waals surface area (Å²) in [5.74, 6) is -1.20. The first kappa shape index (κ1) is 19.7. The van der Waals surface area contributed by atoms with Crippen LogP contribution in [0.5, 0.6) is 0 Å². The van der Waals surface area contributed by atoms with Gasteiger partial charge in [0, 0.05) is 23.1 Å². The highest BCUT2D eigenvalue weighted by Crippen LogP contribution is 2.56. The predicted octanol–water partition coefficient (Wildman–Crippen LogP) is 4.28. The van der Waals surface area contributed by atoms with E-state index in [0.29, 0.717) is 23.0 Å². The first-order chi connectivity index (χ1) is 15.0. The normalized spacial score (nSPS) is 19.4.